The first-order chi connectivity index (χ1) is 10.4. The maximum Gasteiger partial charge on any atom is 0.167 e. The van der Waals surface area contributed by atoms with Gasteiger partial charge in [0.25, 0.3) is 0 Å². The molecule has 22 heavy (non-hydrogen) atoms. The third-order valence-electron chi connectivity index (χ3n) is 7.71. The van der Waals surface area contributed by atoms with Gasteiger partial charge in [0, 0.05) is 17.5 Å². The fourth-order valence-corrected chi connectivity index (χ4v) is 6.29. The van der Waals surface area contributed by atoms with Gasteiger partial charge in [-0.25, -0.2) is 0 Å². The summed E-state index contributed by atoms with van der Waals surface area (Å²) in [6.07, 6.45) is 8.31. The van der Waals surface area contributed by atoms with E-state index >= 15 is 0 Å². The molecule has 0 bridgehead atoms. The first kappa shape index (κ1) is 14.6. The number of allylic oxidation sites excluding steroid dienone is 2. The number of fused-ring (bicyclic) bond motifs is 5. The molecule has 0 radical (unpaired) electrons. The Kier molecular flexibility index (Phi) is 3.01. The molecule has 3 heteroatoms. The van der Waals surface area contributed by atoms with Gasteiger partial charge < -0.3 is 10.5 Å². The molecule has 0 saturated heterocycles. The standard InChI is InChI=1S/C19H27NO2/c1-18-7-5-12(20)9-11(18)3-4-13-14(18)6-8-19(2)15(13)10-16(21)17(19)22/h3,13-16,20-21H,4-10H2,1-2H3/t13-,14-,15+,16?,18+,19+/m1/s1. The summed E-state index contributed by atoms with van der Waals surface area (Å²) in [5.41, 5.74) is 2.31. The average molecular weight is 301 g/mol. The maximum absolute atomic E-state index is 12.4. The molecular formula is C19H27NO2. The van der Waals surface area contributed by atoms with Gasteiger partial charge in [0.1, 0.15) is 6.10 Å². The lowest BCUT2D eigenvalue weighted by molar-refractivity contribution is -0.136. The van der Waals surface area contributed by atoms with Crippen molar-refractivity contribution in [3.8, 4) is 0 Å². The first-order valence-corrected chi connectivity index (χ1v) is 8.84. The van der Waals surface area contributed by atoms with Gasteiger partial charge in [-0.2, -0.15) is 0 Å². The number of Topliss-reactive ketones (excluding diaryl/α,β-unsaturated/α-hetero) is 1. The van der Waals surface area contributed by atoms with Crippen LogP contribution in [0.2, 0.25) is 0 Å². The molecule has 0 aromatic carbocycles. The van der Waals surface area contributed by atoms with E-state index in [0.29, 0.717) is 24.2 Å². The predicted molar refractivity (Wildman–Crippen MR) is 85.8 cm³/mol. The zero-order chi connectivity index (χ0) is 15.7. The minimum absolute atomic E-state index is 0.0984. The Morgan fingerprint density at radius 3 is 2.77 bits per heavy atom. The van der Waals surface area contributed by atoms with Gasteiger partial charge in [-0.15, -0.1) is 0 Å². The Labute approximate surface area is 132 Å². The summed E-state index contributed by atoms with van der Waals surface area (Å²) in [5, 5.41) is 18.1. The van der Waals surface area contributed by atoms with Crippen LogP contribution in [0.25, 0.3) is 0 Å². The van der Waals surface area contributed by atoms with Crippen LogP contribution >= 0.6 is 0 Å². The quantitative estimate of drug-likeness (QED) is 0.673. The molecule has 4 aliphatic carbocycles. The number of rotatable bonds is 0. The lowest BCUT2D eigenvalue weighted by Crippen LogP contribution is -2.50. The molecule has 0 heterocycles. The van der Waals surface area contributed by atoms with Gasteiger partial charge in [-0.1, -0.05) is 25.5 Å². The van der Waals surface area contributed by atoms with Crippen molar-refractivity contribution in [3.63, 3.8) is 0 Å². The fourth-order valence-electron chi connectivity index (χ4n) is 6.29. The van der Waals surface area contributed by atoms with Gasteiger partial charge in [0.05, 0.1) is 0 Å². The summed E-state index contributed by atoms with van der Waals surface area (Å²) >= 11 is 0. The lowest BCUT2D eigenvalue weighted by atomic mass is 9.48. The number of hydrogen-bond donors (Lipinski definition) is 2. The van der Waals surface area contributed by atoms with E-state index in [4.69, 9.17) is 5.41 Å². The Morgan fingerprint density at radius 2 is 2.00 bits per heavy atom. The summed E-state index contributed by atoms with van der Waals surface area (Å²) in [4.78, 5) is 12.4. The monoisotopic (exact) mass is 301 g/mol. The molecule has 1 unspecified atom stereocenters. The number of ketones is 1. The molecule has 3 fully saturated rings. The molecule has 0 aromatic heterocycles. The summed E-state index contributed by atoms with van der Waals surface area (Å²) in [5.74, 6) is 1.63. The third kappa shape index (κ3) is 1.72. The largest absolute Gasteiger partial charge is 0.385 e. The summed E-state index contributed by atoms with van der Waals surface area (Å²) in [6, 6.07) is 0. The highest BCUT2D eigenvalue weighted by Crippen LogP contribution is 2.63. The minimum atomic E-state index is -0.730. The highest BCUT2D eigenvalue weighted by atomic mass is 16.3. The number of hydrogen-bond acceptors (Lipinski definition) is 3. The van der Waals surface area contributed by atoms with Crippen LogP contribution in [0, 0.1) is 34.0 Å². The van der Waals surface area contributed by atoms with Gasteiger partial charge in [0.15, 0.2) is 5.78 Å². The zero-order valence-corrected chi connectivity index (χ0v) is 13.7. The van der Waals surface area contributed by atoms with Crippen LogP contribution in [-0.4, -0.2) is 22.7 Å². The van der Waals surface area contributed by atoms with E-state index in [-0.39, 0.29) is 16.6 Å². The Hall–Kier alpha value is -0.960. The Bertz CT molecular complexity index is 580. The summed E-state index contributed by atoms with van der Waals surface area (Å²) in [7, 11) is 0. The molecular weight excluding hydrogens is 274 g/mol. The van der Waals surface area contributed by atoms with Crippen LogP contribution in [0.1, 0.15) is 58.8 Å². The molecule has 3 saturated carbocycles. The second kappa shape index (κ2) is 4.53. The van der Waals surface area contributed by atoms with Crippen molar-refractivity contribution >= 4 is 11.5 Å². The van der Waals surface area contributed by atoms with Crippen LogP contribution in [0.3, 0.4) is 0 Å². The van der Waals surface area contributed by atoms with E-state index in [1.165, 1.54) is 5.57 Å². The Balaban J connectivity index is 1.71. The number of aliphatic hydroxyl groups is 1. The fraction of sp³-hybridized carbons (Fsp3) is 0.789. The minimum Gasteiger partial charge on any atom is -0.385 e. The van der Waals surface area contributed by atoms with Crippen molar-refractivity contribution in [1.29, 1.82) is 5.41 Å². The molecule has 0 aliphatic heterocycles. The zero-order valence-electron chi connectivity index (χ0n) is 13.7. The van der Waals surface area contributed by atoms with Gasteiger partial charge in [0.2, 0.25) is 0 Å². The smallest absolute Gasteiger partial charge is 0.167 e. The first-order valence-electron chi connectivity index (χ1n) is 8.84. The lowest BCUT2D eigenvalue weighted by Gasteiger charge is -2.56. The van der Waals surface area contributed by atoms with E-state index in [9.17, 15) is 9.90 Å². The van der Waals surface area contributed by atoms with Crippen molar-refractivity contribution in [2.45, 2.75) is 64.9 Å². The average Bonchev–Trinajstić information content (AvgIpc) is 2.72. The van der Waals surface area contributed by atoms with E-state index in [1.54, 1.807) is 0 Å². The molecule has 0 amide bonds. The molecule has 4 rings (SSSR count). The van der Waals surface area contributed by atoms with Crippen molar-refractivity contribution in [2.24, 2.45) is 28.6 Å². The summed E-state index contributed by atoms with van der Waals surface area (Å²) < 4.78 is 0. The van der Waals surface area contributed by atoms with Crippen LogP contribution in [0.5, 0.6) is 0 Å². The highest BCUT2D eigenvalue weighted by Gasteiger charge is 2.60. The van der Waals surface area contributed by atoms with E-state index in [1.807, 2.05) is 0 Å². The molecule has 2 N–H and O–H groups in total. The number of aliphatic hydroxyl groups excluding tert-OH is 1. The van der Waals surface area contributed by atoms with Crippen molar-refractivity contribution < 1.29 is 9.90 Å². The molecule has 6 atom stereocenters. The van der Waals surface area contributed by atoms with Gasteiger partial charge in [-0.05, 0) is 61.7 Å². The summed E-state index contributed by atoms with van der Waals surface area (Å²) in [6.45, 7) is 4.50. The van der Waals surface area contributed by atoms with Crippen molar-refractivity contribution in [1.82, 2.24) is 0 Å². The molecule has 3 nitrogen and oxygen atoms in total. The second-order valence-corrected chi connectivity index (χ2v) is 8.61. The van der Waals surface area contributed by atoms with E-state index < -0.39 is 6.10 Å². The van der Waals surface area contributed by atoms with Crippen LogP contribution < -0.4 is 0 Å². The topological polar surface area (TPSA) is 61.2 Å². The SMILES string of the molecule is C[C@]12CCC(=N)CC1=CC[C@@H]1[C@H]2CC[C@]2(C)C(=O)C(O)C[C@@H]12. The third-order valence-corrected chi connectivity index (χ3v) is 7.71. The van der Waals surface area contributed by atoms with Crippen LogP contribution in [-0.2, 0) is 4.79 Å². The van der Waals surface area contributed by atoms with Gasteiger partial charge >= 0.3 is 0 Å². The maximum atomic E-state index is 12.4. The molecule has 0 spiro atoms. The normalized spacial score (nSPS) is 51.0. The van der Waals surface area contributed by atoms with Gasteiger partial charge in [-0.3, -0.25) is 4.79 Å². The van der Waals surface area contributed by atoms with E-state index in [0.717, 1.165) is 44.2 Å². The van der Waals surface area contributed by atoms with E-state index in [2.05, 4.69) is 19.9 Å². The number of nitrogens with one attached hydrogen (secondary N) is 1. The predicted octanol–water partition coefficient (Wildman–Crippen LogP) is 3.51. The van der Waals surface area contributed by atoms with Crippen molar-refractivity contribution in [2.75, 3.05) is 0 Å². The van der Waals surface area contributed by atoms with Crippen LogP contribution in [0.4, 0.5) is 0 Å². The molecule has 120 valence electrons. The molecule has 0 aromatic rings. The Morgan fingerprint density at radius 1 is 1.23 bits per heavy atom. The number of carbonyl (C=O) groups is 1. The second-order valence-electron chi connectivity index (χ2n) is 8.61. The van der Waals surface area contributed by atoms with Crippen molar-refractivity contribution in [3.05, 3.63) is 11.6 Å². The number of carbonyl (C=O) groups excluding carboxylic acids is 1. The molecule has 4 aliphatic rings. The highest BCUT2D eigenvalue weighted by molar-refractivity contribution is 5.91. The van der Waals surface area contributed by atoms with Crippen LogP contribution in [0.15, 0.2) is 11.6 Å².